The number of amides is 1. The topological polar surface area (TPSA) is 58.4 Å². The maximum Gasteiger partial charge on any atom is 0.242 e. The summed E-state index contributed by atoms with van der Waals surface area (Å²) in [6, 6.07) is 10.3. The first-order valence-electron chi connectivity index (χ1n) is 7.95. The molecule has 122 valence electrons. The molecule has 4 rings (SSSR count). The average molecular weight is 324 g/mol. The number of halogens is 1. The Morgan fingerprint density at radius 3 is 3.08 bits per heavy atom. The van der Waals surface area contributed by atoms with Gasteiger partial charge in [0.15, 0.2) is 0 Å². The highest BCUT2D eigenvalue weighted by molar-refractivity contribution is 5.87. The largest absolute Gasteiger partial charge is 0.373 e. The van der Waals surface area contributed by atoms with E-state index in [-0.39, 0.29) is 11.7 Å². The van der Waals surface area contributed by atoms with E-state index in [0.29, 0.717) is 30.6 Å². The summed E-state index contributed by atoms with van der Waals surface area (Å²) < 4.78 is 15.7. The van der Waals surface area contributed by atoms with Crippen molar-refractivity contribution in [3.63, 3.8) is 0 Å². The summed E-state index contributed by atoms with van der Waals surface area (Å²) in [5, 5.41) is 5.97. The minimum Gasteiger partial charge on any atom is -0.373 e. The molecule has 3 aromatic rings. The lowest BCUT2D eigenvalue weighted by Crippen LogP contribution is -2.39. The van der Waals surface area contributed by atoms with Crippen molar-refractivity contribution >= 4 is 17.2 Å². The highest BCUT2D eigenvalue weighted by Crippen LogP contribution is 2.27. The van der Waals surface area contributed by atoms with E-state index >= 15 is 0 Å². The predicted molar refractivity (Wildman–Crippen MR) is 89.4 cm³/mol. The summed E-state index contributed by atoms with van der Waals surface area (Å²) in [5.41, 5.74) is 3.10. The van der Waals surface area contributed by atoms with Gasteiger partial charge in [0.25, 0.3) is 0 Å². The molecule has 2 aromatic heterocycles. The van der Waals surface area contributed by atoms with E-state index in [4.69, 9.17) is 0 Å². The third-order valence-electron chi connectivity index (χ3n) is 4.27. The molecule has 0 fully saturated rings. The zero-order chi connectivity index (χ0) is 16.5. The van der Waals surface area contributed by atoms with Crippen LogP contribution in [-0.4, -0.2) is 27.9 Å². The molecule has 1 unspecified atom stereocenters. The Morgan fingerprint density at radius 2 is 2.25 bits per heavy atom. The van der Waals surface area contributed by atoms with Gasteiger partial charge < -0.3 is 15.0 Å². The van der Waals surface area contributed by atoms with E-state index in [2.05, 4.69) is 15.6 Å². The molecule has 1 aliphatic heterocycles. The predicted octanol–water partition coefficient (Wildman–Crippen LogP) is 2.17. The summed E-state index contributed by atoms with van der Waals surface area (Å²) in [6.07, 6.45) is 4.93. The first kappa shape index (κ1) is 14.7. The molecule has 24 heavy (non-hydrogen) atoms. The first-order chi connectivity index (χ1) is 11.7. The third kappa shape index (κ3) is 2.71. The third-order valence-corrected chi connectivity index (χ3v) is 4.27. The van der Waals surface area contributed by atoms with Crippen LogP contribution in [0.15, 0.2) is 48.8 Å². The monoisotopic (exact) mass is 324 g/mol. The fourth-order valence-corrected chi connectivity index (χ4v) is 3.05. The van der Waals surface area contributed by atoms with Crippen molar-refractivity contribution in [2.75, 3.05) is 11.9 Å². The number of fused-ring (bicyclic) bond motifs is 2. The van der Waals surface area contributed by atoms with Crippen molar-refractivity contribution in [3.05, 3.63) is 65.9 Å². The molecule has 0 bridgehead atoms. The smallest absolute Gasteiger partial charge is 0.242 e. The second kappa shape index (κ2) is 5.96. The number of benzene rings is 1. The Labute approximate surface area is 138 Å². The van der Waals surface area contributed by atoms with Crippen molar-refractivity contribution in [2.24, 2.45) is 0 Å². The zero-order valence-corrected chi connectivity index (χ0v) is 13.0. The Morgan fingerprint density at radius 1 is 1.33 bits per heavy atom. The minimum absolute atomic E-state index is 0.116. The van der Waals surface area contributed by atoms with Gasteiger partial charge in [-0.1, -0.05) is 12.1 Å². The number of hydrogen-bond donors (Lipinski definition) is 2. The number of hydrogen-bond acceptors (Lipinski definition) is 3. The van der Waals surface area contributed by atoms with Crippen molar-refractivity contribution < 1.29 is 9.18 Å². The Bertz CT molecular complexity index is 872. The van der Waals surface area contributed by atoms with E-state index in [9.17, 15) is 9.18 Å². The molecule has 0 saturated heterocycles. The van der Waals surface area contributed by atoms with Gasteiger partial charge in [-0.05, 0) is 24.3 Å². The minimum atomic E-state index is -0.419. The first-order valence-corrected chi connectivity index (χ1v) is 7.95. The molecule has 2 N–H and O–H groups in total. The molecule has 6 heteroatoms. The summed E-state index contributed by atoms with van der Waals surface area (Å²) in [6.45, 7) is 0.500. The number of nitrogens with zero attached hydrogens (tertiary/aromatic N) is 2. The van der Waals surface area contributed by atoms with Crippen LogP contribution in [0.25, 0.3) is 5.65 Å². The zero-order valence-electron chi connectivity index (χ0n) is 13.0. The highest BCUT2D eigenvalue weighted by Gasteiger charge is 2.28. The number of nitrogens with one attached hydrogen (secondary N) is 2. The average Bonchev–Trinajstić information content (AvgIpc) is 3.18. The maximum atomic E-state index is 13.7. The molecule has 0 saturated carbocycles. The molecule has 1 aromatic carbocycles. The van der Waals surface area contributed by atoms with Crippen LogP contribution >= 0.6 is 0 Å². The lowest BCUT2D eigenvalue weighted by molar-refractivity contribution is -0.121. The van der Waals surface area contributed by atoms with Gasteiger partial charge in [-0.3, -0.25) is 4.79 Å². The fraction of sp³-hybridized carbons (Fsp3) is 0.222. The molecular weight excluding hydrogens is 307 g/mol. The van der Waals surface area contributed by atoms with Gasteiger partial charge in [-0.2, -0.15) is 0 Å². The second-order valence-corrected chi connectivity index (χ2v) is 5.91. The normalized spacial score (nSPS) is 16.0. The number of carbonyl (C=O) groups excluding carboxylic acids is 1. The summed E-state index contributed by atoms with van der Waals surface area (Å²) in [7, 11) is 0. The molecule has 3 heterocycles. The molecule has 0 aliphatic carbocycles. The van der Waals surface area contributed by atoms with E-state index in [1.807, 2.05) is 35.0 Å². The Kier molecular flexibility index (Phi) is 3.65. The van der Waals surface area contributed by atoms with Crippen molar-refractivity contribution in [3.8, 4) is 0 Å². The SMILES string of the molecule is O=C(NCCc1cn2ccccc2n1)C1Cc2c(F)cccc2N1. The van der Waals surface area contributed by atoms with Crippen LogP contribution < -0.4 is 10.6 Å². The van der Waals surface area contributed by atoms with E-state index in [1.54, 1.807) is 12.1 Å². The standard InChI is InChI=1S/C18H17FN4O/c19-14-4-3-5-15-13(14)10-16(22-15)18(24)20-8-7-12-11-23-9-2-1-6-17(23)21-12/h1-6,9,11,16,22H,7-8,10H2,(H,20,24). The van der Waals surface area contributed by atoms with Gasteiger partial charge in [-0.25, -0.2) is 9.37 Å². The van der Waals surface area contributed by atoms with Crippen LogP contribution in [0.3, 0.4) is 0 Å². The summed E-state index contributed by atoms with van der Waals surface area (Å²) >= 11 is 0. The van der Waals surface area contributed by atoms with Crippen molar-refractivity contribution in [1.82, 2.24) is 14.7 Å². The lowest BCUT2D eigenvalue weighted by atomic mass is 10.1. The fourth-order valence-electron chi connectivity index (χ4n) is 3.05. The second-order valence-electron chi connectivity index (χ2n) is 5.91. The summed E-state index contributed by atoms with van der Waals surface area (Å²) in [5.74, 6) is -0.380. The van der Waals surface area contributed by atoms with Crippen LogP contribution in [0, 0.1) is 5.82 Å². The van der Waals surface area contributed by atoms with Gasteiger partial charge in [0.05, 0.1) is 5.69 Å². The van der Waals surface area contributed by atoms with Crippen LogP contribution in [0.5, 0.6) is 0 Å². The van der Waals surface area contributed by atoms with Crippen LogP contribution in [-0.2, 0) is 17.6 Å². The van der Waals surface area contributed by atoms with Gasteiger partial charge in [-0.15, -0.1) is 0 Å². The maximum absolute atomic E-state index is 13.7. The van der Waals surface area contributed by atoms with Gasteiger partial charge >= 0.3 is 0 Å². The van der Waals surface area contributed by atoms with E-state index in [1.165, 1.54) is 6.07 Å². The summed E-state index contributed by atoms with van der Waals surface area (Å²) in [4.78, 5) is 16.8. The van der Waals surface area contributed by atoms with Gasteiger partial charge in [0.2, 0.25) is 5.91 Å². The van der Waals surface area contributed by atoms with Gasteiger partial charge in [0, 0.05) is 43.0 Å². The van der Waals surface area contributed by atoms with Gasteiger partial charge in [0.1, 0.15) is 17.5 Å². The van der Waals surface area contributed by atoms with E-state index in [0.717, 1.165) is 11.3 Å². The van der Waals surface area contributed by atoms with Crippen LogP contribution in [0.4, 0.5) is 10.1 Å². The van der Waals surface area contributed by atoms with E-state index < -0.39 is 6.04 Å². The molecule has 1 atom stereocenters. The van der Waals surface area contributed by atoms with Crippen molar-refractivity contribution in [1.29, 1.82) is 0 Å². The van der Waals surface area contributed by atoms with Crippen LogP contribution in [0.1, 0.15) is 11.3 Å². The number of rotatable bonds is 4. The number of aromatic nitrogens is 2. The molecule has 1 amide bonds. The molecule has 5 nitrogen and oxygen atoms in total. The molecular formula is C18H17FN4O. The molecule has 1 aliphatic rings. The Balaban J connectivity index is 1.33. The Hall–Kier alpha value is -2.89. The quantitative estimate of drug-likeness (QED) is 0.773. The number of carbonyl (C=O) groups is 1. The number of pyridine rings is 1. The highest BCUT2D eigenvalue weighted by atomic mass is 19.1. The molecule has 0 radical (unpaired) electrons. The lowest BCUT2D eigenvalue weighted by Gasteiger charge is -2.11. The molecule has 0 spiro atoms. The van der Waals surface area contributed by atoms with Crippen molar-refractivity contribution in [2.45, 2.75) is 18.9 Å². The van der Waals surface area contributed by atoms with Crippen LogP contribution in [0.2, 0.25) is 0 Å². The number of imidazole rings is 1. The number of anilines is 1.